The summed E-state index contributed by atoms with van der Waals surface area (Å²) >= 11 is 0. The number of nitrogens with one attached hydrogen (secondary N) is 2. The summed E-state index contributed by atoms with van der Waals surface area (Å²) in [7, 11) is -4.36. The smallest absolute Gasteiger partial charge is 0.275 e. The molecule has 2 amide bonds. The van der Waals surface area contributed by atoms with E-state index < -0.39 is 16.2 Å². The fourth-order valence-electron chi connectivity index (χ4n) is 3.86. The molecule has 2 aromatic heterocycles. The molecule has 5 rings (SSSR count). The molecule has 2 N–H and O–H groups in total. The number of carbonyl (C=O) groups is 1. The third kappa shape index (κ3) is 6.43. The molecule has 0 fully saturated rings. The second-order valence-electron chi connectivity index (χ2n) is 8.44. The molecule has 0 bridgehead atoms. The van der Waals surface area contributed by atoms with Crippen LogP contribution >= 0.6 is 0 Å². The zero-order chi connectivity index (χ0) is 27.1. The zero-order valence-electron chi connectivity index (χ0n) is 20.7. The highest BCUT2D eigenvalue weighted by Gasteiger charge is 2.26. The third-order valence-corrected chi connectivity index (χ3v) is 7.02. The minimum absolute atomic E-state index is 0.0292. The highest BCUT2D eigenvalue weighted by atomic mass is 32.2. The predicted molar refractivity (Wildman–Crippen MR) is 151 cm³/mol. The van der Waals surface area contributed by atoms with Crippen molar-refractivity contribution in [2.24, 2.45) is 0 Å². The summed E-state index contributed by atoms with van der Waals surface area (Å²) in [5, 5.41) is 2.49. The van der Waals surface area contributed by atoms with Gasteiger partial charge in [-0.1, -0.05) is 97.1 Å². The van der Waals surface area contributed by atoms with Crippen LogP contribution < -0.4 is 14.3 Å². The average Bonchev–Trinajstić information content (AvgIpc) is 2.97. The quantitative estimate of drug-likeness (QED) is 0.279. The van der Waals surface area contributed by atoms with Crippen molar-refractivity contribution in [3.05, 3.63) is 127 Å². The van der Waals surface area contributed by atoms with Gasteiger partial charge < -0.3 is 0 Å². The van der Waals surface area contributed by atoms with Gasteiger partial charge in [-0.15, -0.1) is 0 Å². The van der Waals surface area contributed by atoms with Gasteiger partial charge in [0.05, 0.1) is 17.9 Å². The lowest BCUT2D eigenvalue weighted by atomic mass is 10.1. The molecule has 0 spiro atoms. The first-order valence-corrected chi connectivity index (χ1v) is 13.5. The Bertz CT molecular complexity index is 1600. The molecule has 0 aliphatic rings. The van der Waals surface area contributed by atoms with Crippen LogP contribution in [0, 0.1) is 0 Å². The summed E-state index contributed by atoms with van der Waals surface area (Å²) in [5.41, 5.74) is 3.50. The molecule has 0 radical (unpaired) electrons. The summed E-state index contributed by atoms with van der Waals surface area (Å²) in [6.07, 6.45) is 1.48. The van der Waals surface area contributed by atoms with Crippen LogP contribution in [-0.4, -0.2) is 29.4 Å². The van der Waals surface area contributed by atoms with E-state index in [1.807, 2.05) is 72.8 Å². The number of carbonyl (C=O) groups excluding carboxylic acids is 1. The number of rotatable bonds is 8. The van der Waals surface area contributed by atoms with Crippen molar-refractivity contribution in [3.8, 4) is 22.5 Å². The number of benzene rings is 3. The second-order valence-corrected chi connectivity index (χ2v) is 10.0. The molecule has 0 aliphatic carbocycles. The lowest BCUT2D eigenvalue weighted by Crippen LogP contribution is -2.45. The van der Waals surface area contributed by atoms with Gasteiger partial charge in [-0.05, 0) is 23.8 Å². The number of aromatic nitrogens is 3. The molecule has 194 valence electrons. The third-order valence-electron chi connectivity index (χ3n) is 5.68. The van der Waals surface area contributed by atoms with E-state index >= 15 is 0 Å². The van der Waals surface area contributed by atoms with Gasteiger partial charge in [0, 0.05) is 17.3 Å². The Morgan fingerprint density at radius 3 is 1.79 bits per heavy atom. The fourth-order valence-corrected chi connectivity index (χ4v) is 4.92. The van der Waals surface area contributed by atoms with Gasteiger partial charge in [-0.3, -0.25) is 5.32 Å². The number of anilines is 2. The average molecular weight is 537 g/mol. The van der Waals surface area contributed by atoms with Crippen LogP contribution in [0.4, 0.5) is 16.6 Å². The van der Waals surface area contributed by atoms with Crippen LogP contribution in [0.2, 0.25) is 0 Å². The first-order chi connectivity index (χ1) is 19.0. The molecular weight excluding hydrogens is 512 g/mol. The molecule has 0 aliphatic heterocycles. The molecule has 9 nitrogen and oxygen atoms in total. The molecule has 5 aromatic rings. The van der Waals surface area contributed by atoms with Crippen molar-refractivity contribution in [1.29, 1.82) is 0 Å². The van der Waals surface area contributed by atoms with Crippen molar-refractivity contribution in [2.45, 2.75) is 6.54 Å². The summed E-state index contributed by atoms with van der Waals surface area (Å²) < 4.78 is 29.9. The van der Waals surface area contributed by atoms with Crippen molar-refractivity contribution in [3.63, 3.8) is 0 Å². The lowest BCUT2D eigenvalue weighted by molar-refractivity contribution is 0.256. The van der Waals surface area contributed by atoms with Gasteiger partial charge in [-0.25, -0.2) is 28.8 Å². The number of amides is 2. The summed E-state index contributed by atoms with van der Waals surface area (Å²) in [6.45, 7) is -0.0292. The fraction of sp³-hybridized carbons (Fsp3) is 0.0345. The Kier molecular flexibility index (Phi) is 7.56. The molecular formula is C29H24N6O3S. The standard InChI is InChI=1S/C29H24N6O3S/c36-29(34-39(37,38)35(27-18-10-11-19-30-27)21-22-12-4-1-5-13-22)33-28-31-25(23-14-6-2-7-15-23)20-26(32-28)24-16-8-3-9-17-24/h1-20H,21H2,(H2,31,32,33,34,36). The van der Waals surface area contributed by atoms with Crippen LogP contribution in [0.15, 0.2) is 121 Å². The molecule has 0 saturated heterocycles. The maximum absolute atomic E-state index is 13.4. The van der Waals surface area contributed by atoms with Crippen molar-refractivity contribution < 1.29 is 13.2 Å². The van der Waals surface area contributed by atoms with E-state index in [0.29, 0.717) is 11.4 Å². The van der Waals surface area contributed by atoms with Gasteiger partial charge in [0.2, 0.25) is 5.95 Å². The van der Waals surface area contributed by atoms with Crippen LogP contribution in [-0.2, 0) is 16.8 Å². The Morgan fingerprint density at radius 2 is 1.26 bits per heavy atom. The Hall–Kier alpha value is -5.09. The highest BCUT2D eigenvalue weighted by molar-refractivity contribution is 7.91. The van der Waals surface area contributed by atoms with Gasteiger partial charge in [0.15, 0.2) is 0 Å². The van der Waals surface area contributed by atoms with Crippen molar-refractivity contribution in [2.75, 3.05) is 9.62 Å². The monoisotopic (exact) mass is 536 g/mol. The Labute approximate surface area is 226 Å². The lowest BCUT2D eigenvalue weighted by Gasteiger charge is -2.23. The van der Waals surface area contributed by atoms with E-state index in [4.69, 9.17) is 0 Å². The van der Waals surface area contributed by atoms with Crippen molar-refractivity contribution >= 4 is 28.0 Å². The number of pyridine rings is 1. The van der Waals surface area contributed by atoms with Gasteiger partial charge in [0.25, 0.3) is 0 Å². The Balaban J connectivity index is 1.43. The number of nitrogens with zero attached hydrogens (tertiary/aromatic N) is 4. The number of urea groups is 1. The highest BCUT2D eigenvalue weighted by Crippen LogP contribution is 2.25. The number of hydrogen-bond acceptors (Lipinski definition) is 6. The first-order valence-electron chi connectivity index (χ1n) is 12.0. The van der Waals surface area contributed by atoms with E-state index in [1.54, 1.807) is 42.5 Å². The number of hydrogen-bond donors (Lipinski definition) is 2. The molecule has 0 atom stereocenters. The molecule has 0 unspecified atom stereocenters. The van der Waals surface area contributed by atoms with Crippen LogP contribution in [0.1, 0.15) is 5.56 Å². The normalized spacial score (nSPS) is 11.0. The van der Waals surface area contributed by atoms with E-state index in [2.05, 4.69) is 25.0 Å². The van der Waals surface area contributed by atoms with Crippen molar-refractivity contribution in [1.82, 2.24) is 19.7 Å². The van der Waals surface area contributed by atoms with E-state index in [9.17, 15) is 13.2 Å². The first kappa shape index (κ1) is 25.6. The minimum Gasteiger partial charge on any atom is -0.275 e. The second kappa shape index (κ2) is 11.5. The zero-order valence-corrected chi connectivity index (χ0v) is 21.5. The van der Waals surface area contributed by atoms with Crippen LogP contribution in [0.25, 0.3) is 22.5 Å². The maximum Gasteiger partial charge on any atom is 0.336 e. The van der Waals surface area contributed by atoms with E-state index in [0.717, 1.165) is 21.0 Å². The van der Waals surface area contributed by atoms with E-state index in [-0.39, 0.29) is 18.3 Å². The molecule has 39 heavy (non-hydrogen) atoms. The summed E-state index contributed by atoms with van der Waals surface area (Å²) in [6, 6.07) is 33.6. The van der Waals surface area contributed by atoms with E-state index in [1.165, 1.54) is 6.20 Å². The van der Waals surface area contributed by atoms with Gasteiger partial charge in [-0.2, -0.15) is 8.42 Å². The van der Waals surface area contributed by atoms with Gasteiger partial charge in [0.1, 0.15) is 5.82 Å². The topological polar surface area (TPSA) is 117 Å². The molecule has 10 heteroatoms. The summed E-state index contributed by atoms with van der Waals surface area (Å²) in [4.78, 5) is 26.1. The Morgan fingerprint density at radius 1 is 0.718 bits per heavy atom. The minimum atomic E-state index is -4.36. The van der Waals surface area contributed by atoms with Crippen LogP contribution in [0.3, 0.4) is 0 Å². The molecule has 0 saturated carbocycles. The predicted octanol–water partition coefficient (Wildman–Crippen LogP) is 5.28. The maximum atomic E-state index is 13.4. The van der Waals surface area contributed by atoms with Crippen LogP contribution in [0.5, 0.6) is 0 Å². The molecule has 3 aromatic carbocycles. The van der Waals surface area contributed by atoms with Gasteiger partial charge >= 0.3 is 16.2 Å². The SMILES string of the molecule is O=C(Nc1nc(-c2ccccc2)cc(-c2ccccc2)n1)NS(=O)(=O)N(Cc1ccccc1)c1ccccn1. The summed E-state index contributed by atoms with van der Waals surface area (Å²) in [5.74, 6) is 0.116. The largest absolute Gasteiger partial charge is 0.336 e. The molecule has 2 heterocycles.